The van der Waals surface area contributed by atoms with Crippen LogP contribution in [0.25, 0.3) is 10.8 Å². The Bertz CT molecular complexity index is 2140. The molecule has 13 nitrogen and oxygen atoms in total. The van der Waals surface area contributed by atoms with E-state index in [1.54, 1.807) is 86.0 Å². The lowest BCUT2D eigenvalue weighted by Crippen LogP contribution is -2.44. The number of fused-ring (bicyclic) bond motifs is 1. The van der Waals surface area contributed by atoms with Gasteiger partial charge in [-0.1, -0.05) is 25.1 Å². The summed E-state index contributed by atoms with van der Waals surface area (Å²) < 4.78 is 45.5. The lowest BCUT2D eigenvalue weighted by molar-refractivity contribution is -0.131. The molecule has 0 fully saturated rings. The lowest BCUT2D eigenvalue weighted by atomic mass is 9.93. The lowest BCUT2D eigenvalue weighted by Gasteiger charge is -2.29. The number of nitrogens with zero attached hydrogens (tertiary/aromatic N) is 3. The molecule has 0 aliphatic rings. The first kappa shape index (κ1) is 45.6. The number of benzene rings is 3. The number of hydrogen-bond acceptors (Lipinski definition) is 11. The van der Waals surface area contributed by atoms with Crippen LogP contribution >= 0.6 is 0 Å². The van der Waals surface area contributed by atoms with E-state index >= 15 is 4.39 Å². The number of anilines is 3. The molecule has 0 saturated carbocycles. The minimum absolute atomic E-state index is 0.00738. The van der Waals surface area contributed by atoms with Crippen molar-refractivity contribution in [1.29, 1.82) is 0 Å². The van der Waals surface area contributed by atoms with E-state index in [2.05, 4.69) is 10.3 Å². The maximum Gasteiger partial charge on any atom is 0.425 e. The topological polar surface area (TPSA) is 174 Å². The van der Waals surface area contributed by atoms with Crippen LogP contribution in [-0.4, -0.2) is 81.1 Å². The van der Waals surface area contributed by atoms with Crippen LogP contribution in [0.4, 0.5) is 31.2 Å². The first-order valence-electron chi connectivity index (χ1n) is 18.9. The number of aliphatic hydroxyl groups excluding tert-OH is 1. The molecule has 314 valence electrons. The summed E-state index contributed by atoms with van der Waals surface area (Å²) in [5.74, 6) is -1.48. The van der Waals surface area contributed by atoms with Gasteiger partial charge in [-0.2, -0.15) is 4.90 Å². The summed E-state index contributed by atoms with van der Waals surface area (Å²) in [7, 11) is 1.70. The van der Waals surface area contributed by atoms with Crippen molar-refractivity contribution >= 4 is 56.9 Å². The van der Waals surface area contributed by atoms with Crippen LogP contribution < -0.4 is 16.0 Å². The van der Waals surface area contributed by atoms with Crippen LogP contribution in [-0.2, 0) is 36.3 Å². The van der Waals surface area contributed by atoms with Crippen LogP contribution in [0.1, 0.15) is 89.6 Å². The maximum atomic E-state index is 15.7. The van der Waals surface area contributed by atoms with Crippen molar-refractivity contribution in [3.05, 3.63) is 88.9 Å². The average Bonchev–Trinajstić information content (AvgIpc) is 3.12. The predicted octanol–water partition coefficient (Wildman–Crippen LogP) is 7.99. The number of carbonyl (C=O) groups excluding carboxylic acids is 3. The SMILES string of the molecule is COC[C@H](C)S(=O)c1ccc(N)cc1CN(C)C(=O)C(Nc1ccc2c(N(C(=O)OC(C)(C)C)C(=O)OC(C)(C)C)ncc(F)c2c1)c1ccc(C(C)CO)c(C)c1. The van der Waals surface area contributed by atoms with E-state index in [4.69, 9.17) is 19.9 Å². The number of aliphatic hydroxyl groups is 1. The number of aromatic nitrogens is 1. The third-order valence-electron chi connectivity index (χ3n) is 9.02. The Morgan fingerprint density at radius 2 is 1.59 bits per heavy atom. The molecular weight excluding hydrogens is 766 g/mol. The molecule has 15 heteroatoms. The monoisotopic (exact) mass is 821 g/mol. The highest BCUT2D eigenvalue weighted by Gasteiger charge is 2.35. The summed E-state index contributed by atoms with van der Waals surface area (Å²) in [5.41, 5.74) is 7.92. The Hall–Kier alpha value is -5.12. The van der Waals surface area contributed by atoms with Crippen molar-refractivity contribution in [2.45, 2.75) is 102 Å². The van der Waals surface area contributed by atoms with E-state index in [-0.39, 0.29) is 53.4 Å². The molecule has 0 aliphatic heterocycles. The second-order valence-corrected chi connectivity index (χ2v) is 18.2. The molecule has 0 bridgehead atoms. The first-order valence-corrected chi connectivity index (χ1v) is 20.1. The molecule has 0 aliphatic carbocycles. The van der Waals surface area contributed by atoms with Crippen molar-refractivity contribution in [3.63, 3.8) is 0 Å². The molecule has 3 unspecified atom stereocenters. The molecule has 4 atom stereocenters. The van der Waals surface area contributed by atoms with Crippen molar-refractivity contribution in [2.75, 3.05) is 43.3 Å². The number of carbonyl (C=O) groups is 3. The molecule has 4 N–H and O–H groups in total. The van der Waals surface area contributed by atoms with Crippen LogP contribution in [0, 0.1) is 12.7 Å². The highest BCUT2D eigenvalue weighted by Crippen LogP contribution is 2.34. The van der Waals surface area contributed by atoms with Crippen LogP contribution in [0.2, 0.25) is 0 Å². The van der Waals surface area contributed by atoms with E-state index < -0.39 is 46.0 Å². The number of aryl methyl sites for hydroxylation is 1. The van der Waals surface area contributed by atoms with Crippen molar-refractivity contribution < 1.29 is 42.3 Å². The molecule has 3 amide bonds. The van der Waals surface area contributed by atoms with Gasteiger partial charge in [0.2, 0.25) is 5.91 Å². The number of ether oxygens (including phenoxy) is 3. The van der Waals surface area contributed by atoms with E-state index in [1.165, 1.54) is 17.0 Å². The summed E-state index contributed by atoms with van der Waals surface area (Å²) in [4.78, 5) is 48.4. The number of amides is 3. The van der Waals surface area contributed by atoms with Gasteiger partial charge in [0.05, 0.1) is 28.9 Å². The summed E-state index contributed by atoms with van der Waals surface area (Å²) in [6, 6.07) is 14.1. The minimum atomic E-state index is -1.46. The number of imide groups is 1. The van der Waals surface area contributed by atoms with Gasteiger partial charge in [0.1, 0.15) is 23.1 Å². The van der Waals surface area contributed by atoms with Crippen molar-refractivity contribution in [1.82, 2.24) is 9.88 Å². The van der Waals surface area contributed by atoms with Crippen molar-refractivity contribution in [3.8, 4) is 0 Å². The van der Waals surface area contributed by atoms with Crippen LogP contribution in [0.3, 0.4) is 0 Å². The summed E-state index contributed by atoms with van der Waals surface area (Å²) >= 11 is 0. The zero-order valence-electron chi connectivity index (χ0n) is 35.1. The van der Waals surface area contributed by atoms with Gasteiger partial charge in [-0.15, -0.1) is 0 Å². The number of halogens is 1. The summed E-state index contributed by atoms with van der Waals surface area (Å²) in [6.45, 7) is 15.7. The standard InChI is InChI=1S/C43H56FN5O8S/c1-25-18-28(12-15-32(25)26(2)23-50)37(39(51)48(10)22-29-19-30(45)13-17-36(29)58(54)27(3)24-55-11)47-31-14-16-33-34(20-31)35(44)21-46-38(33)49(40(52)56-42(4,5)6)41(53)57-43(7,8)9/h12-21,26-27,37,47,50H,22-24,45H2,1-11H3/t26?,27-,37?,58?/m0/s1. The Labute approximate surface area is 342 Å². The number of nitrogen functional groups attached to an aromatic ring is 1. The number of likely N-dealkylation sites (N-methyl/N-ethyl adjacent to an activating group) is 1. The number of nitrogens with one attached hydrogen (secondary N) is 1. The highest BCUT2D eigenvalue weighted by atomic mass is 32.2. The quantitative estimate of drug-likeness (QED) is 0.112. The largest absolute Gasteiger partial charge is 0.443 e. The molecule has 0 radical (unpaired) electrons. The van der Waals surface area contributed by atoms with E-state index in [0.717, 1.165) is 17.3 Å². The molecule has 58 heavy (non-hydrogen) atoms. The van der Waals surface area contributed by atoms with E-state index in [9.17, 15) is 23.7 Å². The molecule has 1 aromatic heterocycles. The Morgan fingerprint density at radius 3 is 2.16 bits per heavy atom. The van der Waals surface area contributed by atoms with E-state index in [1.807, 2.05) is 32.9 Å². The minimum Gasteiger partial charge on any atom is -0.443 e. The van der Waals surface area contributed by atoms with Crippen molar-refractivity contribution in [2.24, 2.45) is 0 Å². The van der Waals surface area contributed by atoms with Gasteiger partial charge < -0.3 is 35.3 Å². The molecule has 1 heterocycles. The third kappa shape index (κ3) is 11.3. The zero-order valence-corrected chi connectivity index (χ0v) is 36.0. The normalized spacial score (nSPS) is 13.9. The number of hydrogen-bond donors (Lipinski definition) is 3. The molecule has 3 aromatic carbocycles. The van der Waals surface area contributed by atoms with E-state index in [0.29, 0.717) is 32.3 Å². The van der Waals surface area contributed by atoms with Crippen LogP contribution in [0.15, 0.2) is 65.7 Å². The Morgan fingerprint density at radius 1 is 0.948 bits per heavy atom. The predicted molar refractivity (Wildman–Crippen MR) is 225 cm³/mol. The smallest absolute Gasteiger partial charge is 0.425 e. The first-order chi connectivity index (χ1) is 27.0. The fourth-order valence-electron chi connectivity index (χ4n) is 6.29. The second-order valence-electron chi connectivity index (χ2n) is 16.4. The average molecular weight is 822 g/mol. The summed E-state index contributed by atoms with van der Waals surface area (Å²) in [6.07, 6.45) is -1.23. The number of pyridine rings is 1. The summed E-state index contributed by atoms with van der Waals surface area (Å²) in [5, 5.41) is 12.9. The van der Waals surface area contributed by atoms with Gasteiger partial charge in [0.15, 0.2) is 5.82 Å². The zero-order chi connectivity index (χ0) is 43.3. The van der Waals surface area contributed by atoms with Gasteiger partial charge in [-0.3, -0.25) is 9.00 Å². The fraction of sp³-hybridized carbons (Fsp3) is 0.442. The van der Waals surface area contributed by atoms with Gasteiger partial charge in [0, 0.05) is 60.3 Å². The highest BCUT2D eigenvalue weighted by molar-refractivity contribution is 7.85. The number of nitrogens with two attached hydrogens (primary N) is 1. The second kappa shape index (κ2) is 18.6. The number of methoxy groups -OCH3 is 1. The molecule has 0 spiro atoms. The molecular formula is C43H56FN5O8S. The maximum absolute atomic E-state index is 15.7. The van der Waals surface area contributed by atoms with Gasteiger partial charge in [-0.05, 0) is 114 Å². The fourth-order valence-corrected chi connectivity index (χ4v) is 7.57. The molecule has 4 aromatic rings. The Kier molecular flexibility index (Phi) is 14.6. The third-order valence-corrected chi connectivity index (χ3v) is 10.7. The van der Waals surface area contributed by atoms with Gasteiger partial charge >= 0.3 is 12.2 Å². The van der Waals surface area contributed by atoms with Gasteiger partial charge in [0.25, 0.3) is 0 Å². The Balaban J connectivity index is 1.81. The molecule has 4 rings (SSSR count). The number of rotatable bonds is 13. The van der Waals surface area contributed by atoms with Gasteiger partial charge in [-0.25, -0.2) is 19.0 Å². The van der Waals surface area contributed by atoms with Crippen LogP contribution in [0.5, 0.6) is 0 Å². The molecule has 0 saturated heterocycles.